The van der Waals surface area contributed by atoms with Crippen LogP contribution in [0.4, 0.5) is 4.79 Å². The Labute approximate surface area is 153 Å². The fraction of sp³-hybridized carbons (Fsp3) is 0.118. The van der Waals surface area contributed by atoms with Crippen molar-refractivity contribution >= 4 is 38.6 Å². The van der Waals surface area contributed by atoms with Crippen LogP contribution < -0.4 is 10.1 Å². The molecule has 0 saturated heterocycles. The molecule has 2 aromatic heterocycles. The summed E-state index contributed by atoms with van der Waals surface area (Å²) in [5, 5.41) is 5.24. The Morgan fingerprint density at radius 2 is 1.72 bits per heavy atom. The van der Waals surface area contributed by atoms with E-state index in [0.717, 1.165) is 0 Å². The van der Waals surface area contributed by atoms with Crippen molar-refractivity contribution in [3.8, 4) is 5.75 Å². The van der Waals surface area contributed by atoms with Crippen molar-refractivity contribution in [3.63, 3.8) is 0 Å². The fourth-order valence-electron chi connectivity index (χ4n) is 2.21. The molecule has 0 unspecified atom stereocenters. The number of amides is 1. The van der Waals surface area contributed by atoms with Gasteiger partial charge in [0, 0.05) is 11.4 Å². The third-order valence-electron chi connectivity index (χ3n) is 3.40. The Hall–Kier alpha value is -2.16. The Morgan fingerprint density at radius 3 is 2.36 bits per heavy atom. The van der Waals surface area contributed by atoms with E-state index in [0.29, 0.717) is 10.6 Å². The number of sulfone groups is 1. The predicted octanol–water partition coefficient (Wildman–Crippen LogP) is 4.11. The summed E-state index contributed by atoms with van der Waals surface area (Å²) in [5.74, 6) is 0.397. The largest absolute Gasteiger partial charge is 0.412 e. The molecule has 0 radical (unpaired) electrons. The van der Waals surface area contributed by atoms with Crippen LogP contribution in [0.5, 0.6) is 5.75 Å². The standard InChI is InChI=1S/C17H15NO4S3/c19-17(22-13-6-2-1-3-7-13)18-12-15(14-8-4-10-23-14)25(20,21)16-9-5-11-24-16/h1-11,15H,12H2,(H,18,19)/t15-/m0/s1. The molecular weight excluding hydrogens is 378 g/mol. The number of para-hydroxylation sites is 1. The van der Waals surface area contributed by atoms with Crippen molar-refractivity contribution in [1.82, 2.24) is 5.32 Å². The molecule has 2 heterocycles. The number of thiophene rings is 2. The lowest BCUT2D eigenvalue weighted by Gasteiger charge is -2.16. The molecule has 0 aliphatic rings. The Kier molecular flexibility index (Phi) is 5.52. The van der Waals surface area contributed by atoms with Gasteiger partial charge in [-0.3, -0.25) is 0 Å². The molecule has 0 fully saturated rings. The van der Waals surface area contributed by atoms with Crippen LogP contribution in [0.3, 0.4) is 0 Å². The van der Waals surface area contributed by atoms with Crippen LogP contribution in [0.15, 0.2) is 69.6 Å². The molecule has 3 aromatic rings. The number of hydrogen-bond acceptors (Lipinski definition) is 6. The van der Waals surface area contributed by atoms with E-state index in [1.807, 2.05) is 11.4 Å². The van der Waals surface area contributed by atoms with Gasteiger partial charge in [0.2, 0.25) is 0 Å². The molecule has 25 heavy (non-hydrogen) atoms. The van der Waals surface area contributed by atoms with E-state index in [2.05, 4.69) is 5.32 Å². The lowest BCUT2D eigenvalue weighted by molar-refractivity contribution is 0.200. The van der Waals surface area contributed by atoms with E-state index in [4.69, 9.17) is 4.74 Å². The Balaban J connectivity index is 1.74. The predicted molar refractivity (Wildman–Crippen MR) is 99.0 cm³/mol. The van der Waals surface area contributed by atoms with E-state index in [9.17, 15) is 13.2 Å². The van der Waals surface area contributed by atoms with Gasteiger partial charge < -0.3 is 10.1 Å². The second kappa shape index (κ2) is 7.81. The first-order valence-corrected chi connectivity index (χ1v) is 10.7. The van der Waals surface area contributed by atoms with Gasteiger partial charge in [0.05, 0.1) is 0 Å². The molecule has 3 rings (SSSR count). The molecule has 0 aliphatic heterocycles. The summed E-state index contributed by atoms with van der Waals surface area (Å²) in [7, 11) is -3.59. The number of carbonyl (C=O) groups is 1. The normalized spacial score (nSPS) is 12.5. The maximum absolute atomic E-state index is 12.9. The third kappa shape index (κ3) is 4.28. The zero-order valence-corrected chi connectivity index (χ0v) is 15.4. The summed E-state index contributed by atoms with van der Waals surface area (Å²) < 4.78 is 31.2. The molecule has 0 saturated carbocycles. The first kappa shape index (κ1) is 17.7. The van der Waals surface area contributed by atoms with Gasteiger partial charge in [-0.2, -0.15) is 0 Å². The number of ether oxygens (including phenoxy) is 1. The average molecular weight is 394 g/mol. The molecule has 130 valence electrons. The lowest BCUT2D eigenvalue weighted by atomic mass is 10.3. The van der Waals surface area contributed by atoms with E-state index < -0.39 is 21.2 Å². The summed E-state index contributed by atoms with van der Waals surface area (Å²) in [5.41, 5.74) is 0. The summed E-state index contributed by atoms with van der Waals surface area (Å²) >= 11 is 2.51. The summed E-state index contributed by atoms with van der Waals surface area (Å²) in [4.78, 5) is 12.7. The monoisotopic (exact) mass is 393 g/mol. The van der Waals surface area contributed by atoms with Crippen LogP contribution in [-0.4, -0.2) is 21.1 Å². The molecule has 0 spiro atoms. The number of carbonyl (C=O) groups excluding carboxylic acids is 1. The zero-order valence-electron chi connectivity index (χ0n) is 13.0. The molecule has 1 aromatic carbocycles. The molecule has 5 nitrogen and oxygen atoms in total. The van der Waals surface area contributed by atoms with E-state index in [1.165, 1.54) is 22.7 Å². The van der Waals surface area contributed by atoms with Crippen LogP contribution in [0.1, 0.15) is 10.1 Å². The van der Waals surface area contributed by atoms with Gasteiger partial charge in [0.1, 0.15) is 15.2 Å². The summed E-state index contributed by atoms with van der Waals surface area (Å²) in [6, 6.07) is 15.4. The number of nitrogens with one attached hydrogen (secondary N) is 1. The highest BCUT2D eigenvalue weighted by atomic mass is 32.2. The van der Waals surface area contributed by atoms with Crippen molar-refractivity contribution in [2.75, 3.05) is 6.54 Å². The van der Waals surface area contributed by atoms with Crippen molar-refractivity contribution in [2.45, 2.75) is 9.46 Å². The second-order valence-electron chi connectivity index (χ2n) is 5.06. The number of rotatable bonds is 6. The molecule has 8 heteroatoms. The van der Waals surface area contributed by atoms with Crippen molar-refractivity contribution in [3.05, 3.63) is 70.2 Å². The first-order valence-electron chi connectivity index (χ1n) is 7.39. The molecule has 1 N–H and O–H groups in total. The highest BCUT2D eigenvalue weighted by Crippen LogP contribution is 2.33. The highest BCUT2D eigenvalue weighted by molar-refractivity contribution is 7.93. The maximum Gasteiger partial charge on any atom is 0.412 e. The van der Waals surface area contributed by atoms with E-state index in [1.54, 1.807) is 53.9 Å². The lowest BCUT2D eigenvalue weighted by Crippen LogP contribution is -2.33. The Bertz CT molecular complexity index is 904. The zero-order chi connectivity index (χ0) is 17.7. The number of hydrogen-bond donors (Lipinski definition) is 1. The van der Waals surface area contributed by atoms with Gasteiger partial charge in [-0.25, -0.2) is 13.2 Å². The third-order valence-corrected chi connectivity index (χ3v) is 8.05. The van der Waals surface area contributed by atoms with E-state index in [-0.39, 0.29) is 10.8 Å². The minimum absolute atomic E-state index is 0.0631. The molecule has 1 atom stereocenters. The maximum atomic E-state index is 12.9. The van der Waals surface area contributed by atoms with Gasteiger partial charge in [0.25, 0.3) is 0 Å². The molecule has 0 bridgehead atoms. The first-order chi connectivity index (χ1) is 12.1. The highest BCUT2D eigenvalue weighted by Gasteiger charge is 2.31. The van der Waals surface area contributed by atoms with Crippen LogP contribution in [-0.2, 0) is 9.84 Å². The topological polar surface area (TPSA) is 72.5 Å². The van der Waals surface area contributed by atoms with E-state index >= 15 is 0 Å². The van der Waals surface area contributed by atoms with Crippen LogP contribution >= 0.6 is 22.7 Å². The SMILES string of the molecule is O=C(NC[C@@H](c1cccs1)S(=O)(=O)c1cccs1)Oc1ccccc1. The van der Waals surface area contributed by atoms with Crippen molar-refractivity contribution in [1.29, 1.82) is 0 Å². The van der Waals surface area contributed by atoms with Crippen molar-refractivity contribution in [2.24, 2.45) is 0 Å². The van der Waals surface area contributed by atoms with Gasteiger partial charge >= 0.3 is 6.09 Å². The Morgan fingerprint density at radius 1 is 1.00 bits per heavy atom. The van der Waals surface area contributed by atoms with Crippen LogP contribution in [0.25, 0.3) is 0 Å². The van der Waals surface area contributed by atoms with Gasteiger partial charge in [-0.15, -0.1) is 22.7 Å². The fourth-order valence-corrected chi connectivity index (χ4v) is 6.20. The van der Waals surface area contributed by atoms with Gasteiger partial charge in [0.15, 0.2) is 9.84 Å². The molecule has 1 amide bonds. The molecular formula is C17H15NO4S3. The average Bonchev–Trinajstić information content (AvgIpc) is 3.30. The van der Waals surface area contributed by atoms with Gasteiger partial charge in [-0.05, 0) is 35.0 Å². The van der Waals surface area contributed by atoms with Gasteiger partial charge in [-0.1, -0.05) is 30.3 Å². The second-order valence-corrected chi connectivity index (χ2v) is 9.35. The molecule has 0 aliphatic carbocycles. The van der Waals surface area contributed by atoms with Crippen LogP contribution in [0.2, 0.25) is 0 Å². The minimum atomic E-state index is -3.59. The summed E-state index contributed by atoms with van der Waals surface area (Å²) in [6.07, 6.45) is -0.686. The summed E-state index contributed by atoms with van der Waals surface area (Å²) in [6.45, 7) is -0.0631. The minimum Gasteiger partial charge on any atom is -0.410 e. The van der Waals surface area contributed by atoms with Crippen LogP contribution in [0, 0.1) is 0 Å². The quantitative estimate of drug-likeness (QED) is 0.684. The number of benzene rings is 1. The smallest absolute Gasteiger partial charge is 0.410 e. The van der Waals surface area contributed by atoms with Crippen molar-refractivity contribution < 1.29 is 17.9 Å².